The molecule has 3 fully saturated rings. The maximum Gasteiger partial charge on any atom is 0.330 e. The number of carbonyl (C=O) groups is 1. The molecule has 0 amide bonds. The van der Waals surface area contributed by atoms with Crippen LogP contribution in [0, 0.1) is 45.3 Å². The van der Waals surface area contributed by atoms with Crippen LogP contribution in [0.3, 0.4) is 0 Å². The van der Waals surface area contributed by atoms with Crippen molar-refractivity contribution < 1.29 is 15.1 Å². The molecule has 0 heterocycles. The summed E-state index contributed by atoms with van der Waals surface area (Å²) >= 11 is 0. The van der Waals surface area contributed by atoms with Crippen molar-refractivity contribution in [3.8, 4) is 0 Å². The normalized spacial score (nSPS) is 43.5. The maximum atomic E-state index is 11.2. The van der Waals surface area contributed by atoms with E-state index in [9.17, 15) is 10.0 Å². The fourth-order valence-corrected chi connectivity index (χ4v) is 9.51. The average Bonchev–Trinajstić information content (AvgIpc) is 3.04. The largest absolute Gasteiger partial charge is 0.478 e. The highest BCUT2D eigenvalue weighted by Gasteiger charge is 2.65. The second kappa shape index (κ2) is 8.52. The van der Waals surface area contributed by atoms with Crippen molar-refractivity contribution in [3.63, 3.8) is 0 Å². The third kappa shape index (κ3) is 3.53. The number of carboxylic acid groups (broad SMARTS) is 1. The fraction of sp³-hybridized carbons (Fsp3) is 0.800. The average molecular weight is 470 g/mol. The predicted molar refractivity (Wildman–Crippen MR) is 138 cm³/mol. The van der Waals surface area contributed by atoms with Gasteiger partial charge in [0, 0.05) is 11.0 Å². The lowest BCUT2D eigenvalue weighted by Crippen LogP contribution is -2.57. The van der Waals surface area contributed by atoms with Crippen LogP contribution in [0.25, 0.3) is 0 Å². The van der Waals surface area contributed by atoms with Gasteiger partial charge in [-0.1, -0.05) is 64.4 Å². The van der Waals surface area contributed by atoms with E-state index in [0.717, 1.165) is 37.8 Å². The number of hydrogen-bond acceptors (Lipinski definition) is 3. The molecule has 0 bridgehead atoms. The summed E-state index contributed by atoms with van der Waals surface area (Å²) in [6, 6.07) is 0. The third-order valence-electron chi connectivity index (χ3n) is 11.9. The van der Waals surface area contributed by atoms with Gasteiger partial charge in [0.1, 0.15) is 0 Å². The highest BCUT2D eigenvalue weighted by molar-refractivity contribution is 5.90. The van der Waals surface area contributed by atoms with Crippen LogP contribution in [-0.4, -0.2) is 22.0 Å². The predicted octanol–water partition coefficient (Wildman–Crippen LogP) is 7.87. The lowest BCUT2D eigenvalue weighted by atomic mass is 9.41. The topological polar surface area (TPSA) is 69.9 Å². The Morgan fingerprint density at radius 3 is 2.53 bits per heavy atom. The summed E-state index contributed by atoms with van der Waals surface area (Å²) in [6.45, 7) is 16.4. The third-order valence-corrected chi connectivity index (χ3v) is 11.9. The zero-order valence-electron chi connectivity index (χ0n) is 22.6. The Labute approximate surface area is 207 Å². The lowest BCUT2D eigenvalue weighted by molar-refractivity contribution is -0.132. The second-order valence-corrected chi connectivity index (χ2v) is 13.5. The van der Waals surface area contributed by atoms with Crippen LogP contribution in [0.15, 0.2) is 28.5 Å². The zero-order valence-corrected chi connectivity index (χ0v) is 22.6. The number of rotatable bonds is 5. The molecule has 0 aromatic rings. The van der Waals surface area contributed by atoms with Crippen molar-refractivity contribution >= 4 is 11.7 Å². The molecule has 0 saturated heterocycles. The Hall–Kier alpha value is -1.58. The van der Waals surface area contributed by atoms with E-state index in [-0.39, 0.29) is 16.2 Å². The molecule has 0 aliphatic heterocycles. The van der Waals surface area contributed by atoms with E-state index < -0.39 is 5.97 Å². The summed E-state index contributed by atoms with van der Waals surface area (Å²) in [5, 5.41) is 22.6. The molecule has 4 rings (SSSR count). The molecular formula is C30H47NO3. The molecular weight excluding hydrogens is 422 g/mol. The van der Waals surface area contributed by atoms with Gasteiger partial charge in [-0.3, -0.25) is 0 Å². The van der Waals surface area contributed by atoms with E-state index in [4.69, 9.17) is 5.11 Å². The molecule has 190 valence electrons. The Balaban J connectivity index is 1.59. The van der Waals surface area contributed by atoms with Crippen molar-refractivity contribution in [3.05, 3.63) is 23.3 Å². The zero-order chi connectivity index (χ0) is 25.1. The van der Waals surface area contributed by atoms with Crippen molar-refractivity contribution in [1.82, 2.24) is 0 Å². The number of nitrogens with zero attached hydrogens (tertiary/aromatic N) is 1. The van der Waals surface area contributed by atoms with E-state index in [2.05, 4.69) is 52.8 Å². The molecule has 0 radical (unpaired) electrons. The van der Waals surface area contributed by atoms with Crippen molar-refractivity contribution in [2.24, 2.45) is 50.5 Å². The van der Waals surface area contributed by atoms with Crippen molar-refractivity contribution in [1.29, 1.82) is 0 Å². The highest BCUT2D eigenvalue weighted by Crippen LogP contribution is 2.73. The lowest BCUT2D eigenvalue weighted by Gasteiger charge is -2.63. The summed E-state index contributed by atoms with van der Waals surface area (Å²) in [5.41, 5.74) is 3.98. The first-order valence-electron chi connectivity index (χ1n) is 13.6. The first-order chi connectivity index (χ1) is 15.8. The summed E-state index contributed by atoms with van der Waals surface area (Å²) in [6.07, 6.45) is 14.7. The van der Waals surface area contributed by atoms with Crippen LogP contribution in [0.2, 0.25) is 0 Å². The van der Waals surface area contributed by atoms with E-state index >= 15 is 0 Å². The highest BCUT2D eigenvalue weighted by atomic mass is 16.4. The Morgan fingerprint density at radius 2 is 1.88 bits per heavy atom. The Morgan fingerprint density at radius 1 is 1.18 bits per heavy atom. The minimum atomic E-state index is -0.800. The van der Waals surface area contributed by atoms with Gasteiger partial charge in [-0.25, -0.2) is 4.79 Å². The van der Waals surface area contributed by atoms with Gasteiger partial charge in [0.2, 0.25) is 0 Å². The molecule has 34 heavy (non-hydrogen) atoms. The minimum Gasteiger partial charge on any atom is -0.478 e. The van der Waals surface area contributed by atoms with Gasteiger partial charge in [0.15, 0.2) is 0 Å². The van der Waals surface area contributed by atoms with Crippen LogP contribution < -0.4 is 0 Å². The molecule has 0 aromatic heterocycles. The van der Waals surface area contributed by atoms with Gasteiger partial charge in [-0.05, 0) is 105 Å². The monoisotopic (exact) mass is 469 g/mol. The number of hydrogen-bond donors (Lipinski definition) is 2. The molecule has 3 saturated carbocycles. The van der Waals surface area contributed by atoms with Crippen LogP contribution >= 0.6 is 0 Å². The van der Waals surface area contributed by atoms with Crippen molar-refractivity contribution in [2.75, 3.05) is 0 Å². The molecule has 4 aliphatic carbocycles. The first-order valence-corrected chi connectivity index (χ1v) is 13.6. The molecule has 7 atom stereocenters. The minimum absolute atomic E-state index is 0.0558. The van der Waals surface area contributed by atoms with Crippen LogP contribution in [0.1, 0.15) is 106 Å². The summed E-state index contributed by atoms with van der Waals surface area (Å²) in [7, 11) is 0. The van der Waals surface area contributed by atoms with E-state index in [1.807, 2.05) is 6.08 Å². The van der Waals surface area contributed by atoms with E-state index in [1.165, 1.54) is 25.7 Å². The van der Waals surface area contributed by atoms with Gasteiger partial charge in [-0.15, -0.1) is 0 Å². The summed E-state index contributed by atoms with van der Waals surface area (Å²) < 4.78 is 0. The molecule has 0 aromatic carbocycles. The summed E-state index contributed by atoms with van der Waals surface area (Å²) in [5.74, 6) is 1.66. The van der Waals surface area contributed by atoms with Gasteiger partial charge in [-0.2, -0.15) is 0 Å². The second-order valence-electron chi connectivity index (χ2n) is 13.5. The first kappa shape index (κ1) is 25.5. The van der Waals surface area contributed by atoms with Crippen LogP contribution in [-0.2, 0) is 4.79 Å². The smallest absolute Gasteiger partial charge is 0.330 e. The molecule has 4 heteroatoms. The number of fused-ring (bicyclic) bond motifs is 5. The SMILES string of the molecule is CC(=CCCC(C)C1CCC2(C)C3=CCC4C(C)(C)C(=NO)CCC4(C)C3CCC12C)C(=O)O. The molecule has 2 N–H and O–H groups in total. The Kier molecular flexibility index (Phi) is 6.39. The van der Waals surface area contributed by atoms with Gasteiger partial charge < -0.3 is 10.3 Å². The van der Waals surface area contributed by atoms with Gasteiger partial charge in [0.05, 0.1) is 5.71 Å². The van der Waals surface area contributed by atoms with Crippen LogP contribution in [0.5, 0.6) is 0 Å². The quantitative estimate of drug-likeness (QED) is 0.186. The molecule has 7 unspecified atom stereocenters. The van der Waals surface area contributed by atoms with E-state index in [0.29, 0.717) is 34.7 Å². The van der Waals surface area contributed by atoms with Crippen molar-refractivity contribution in [2.45, 2.75) is 106 Å². The van der Waals surface area contributed by atoms with Gasteiger partial charge >= 0.3 is 5.97 Å². The molecule has 4 nitrogen and oxygen atoms in total. The van der Waals surface area contributed by atoms with Gasteiger partial charge in [0.25, 0.3) is 0 Å². The molecule has 0 spiro atoms. The fourth-order valence-electron chi connectivity index (χ4n) is 9.51. The number of aliphatic carboxylic acids is 1. The maximum absolute atomic E-state index is 11.2. The standard InChI is InChI=1S/C30H47NO3/c1-19(9-8-10-20(2)26(32)33)21-13-17-30(7)23-11-12-24-27(3,4)25(31-34)15-16-28(24,5)22(23)14-18-29(21,30)6/h10-11,19,21-22,24,34H,8-9,12-18H2,1-7H3,(H,32,33). The number of allylic oxidation sites excluding steroid dienone is 3. The summed E-state index contributed by atoms with van der Waals surface area (Å²) in [4.78, 5) is 11.2. The Bertz CT molecular complexity index is 929. The van der Waals surface area contributed by atoms with E-state index in [1.54, 1.807) is 12.5 Å². The molecule has 4 aliphatic rings. The number of carboxylic acids is 1. The van der Waals surface area contributed by atoms with Crippen LogP contribution in [0.4, 0.5) is 0 Å². The number of oxime groups is 1.